The molecule has 0 saturated heterocycles. The molecular formula is C14H23NO2. The predicted molar refractivity (Wildman–Crippen MR) is 70.2 cm³/mol. The summed E-state index contributed by atoms with van der Waals surface area (Å²) in [5, 5.41) is 9.83. The maximum Gasteiger partial charge on any atom is 0.123 e. The van der Waals surface area contributed by atoms with E-state index in [2.05, 4.69) is 11.0 Å². The maximum atomic E-state index is 9.83. The molecule has 2 unspecified atom stereocenters. The van der Waals surface area contributed by atoms with Gasteiger partial charge in [0.25, 0.3) is 0 Å². The van der Waals surface area contributed by atoms with Gasteiger partial charge in [-0.05, 0) is 26.5 Å². The lowest BCUT2D eigenvalue weighted by atomic mass is 10.1. The van der Waals surface area contributed by atoms with Crippen LogP contribution in [0, 0.1) is 0 Å². The lowest BCUT2D eigenvalue weighted by molar-refractivity contribution is 0.0661. The van der Waals surface area contributed by atoms with Gasteiger partial charge in [-0.2, -0.15) is 0 Å². The number of aliphatic hydroxyl groups excluding tert-OH is 1. The van der Waals surface area contributed by atoms with Crippen molar-refractivity contribution in [3.8, 4) is 5.75 Å². The van der Waals surface area contributed by atoms with Gasteiger partial charge in [-0.15, -0.1) is 0 Å². The van der Waals surface area contributed by atoms with Gasteiger partial charge in [-0.3, -0.25) is 4.90 Å². The van der Waals surface area contributed by atoms with Gasteiger partial charge in [-0.1, -0.05) is 25.1 Å². The van der Waals surface area contributed by atoms with Crippen molar-refractivity contribution in [2.45, 2.75) is 39.0 Å². The van der Waals surface area contributed by atoms with Crippen molar-refractivity contribution in [3.63, 3.8) is 0 Å². The molecule has 0 bridgehead atoms. The first-order valence-electron chi connectivity index (χ1n) is 6.10. The lowest BCUT2D eigenvalue weighted by Gasteiger charge is -2.28. The van der Waals surface area contributed by atoms with E-state index in [0.29, 0.717) is 0 Å². The fourth-order valence-electron chi connectivity index (χ4n) is 1.88. The summed E-state index contributed by atoms with van der Waals surface area (Å²) in [6, 6.07) is 8.13. The summed E-state index contributed by atoms with van der Waals surface area (Å²) in [4.78, 5) is 2.14. The summed E-state index contributed by atoms with van der Waals surface area (Å²) < 4.78 is 5.32. The Hall–Kier alpha value is -1.06. The molecule has 17 heavy (non-hydrogen) atoms. The van der Waals surface area contributed by atoms with Crippen molar-refractivity contribution < 1.29 is 9.84 Å². The van der Waals surface area contributed by atoms with Crippen molar-refractivity contribution in [2.75, 3.05) is 14.2 Å². The van der Waals surface area contributed by atoms with Gasteiger partial charge in [0.15, 0.2) is 0 Å². The van der Waals surface area contributed by atoms with E-state index in [0.717, 1.165) is 24.3 Å². The number of benzene rings is 1. The topological polar surface area (TPSA) is 32.7 Å². The summed E-state index contributed by atoms with van der Waals surface area (Å²) in [7, 11) is 3.71. The molecule has 0 fully saturated rings. The van der Waals surface area contributed by atoms with Gasteiger partial charge in [0, 0.05) is 18.2 Å². The minimum atomic E-state index is -0.283. The average molecular weight is 237 g/mol. The summed E-state index contributed by atoms with van der Waals surface area (Å²) in [6.45, 7) is 4.82. The van der Waals surface area contributed by atoms with E-state index < -0.39 is 0 Å². The summed E-state index contributed by atoms with van der Waals surface area (Å²) in [5.74, 6) is 0.900. The van der Waals surface area contributed by atoms with Crippen molar-refractivity contribution in [1.29, 1.82) is 0 Å². The standard InChI is InChI=1S/C14H23NO2/c1-5-13(16)11(2)15(3)10-12-8-6-7-9-14(12)17-4/h6-9,11,13,16H,5,10H2,1-4H3. The molecule has 0 aliphatic carbocycles. The maximum absolute atomic E-state index is 9.83. The normalized spacial score (nSPS) is 14.7. The van der Waals surface area contributed by atoms with Crippen LogP contribution in [0.2, 0.25) is 0 Å². The number of aliphatic hydroxyl groups is 1. The van der Waals surface area contributed by atoms with E-state index in [1.54, 1.807) is 7.11 Å². The number of likely N-dealkylation sites (N-methyl/N-ethyl adjacent to an activating group) is 1. The Kier molecular flexibility index (Phi) is 5.45. The highest BCUT2D eigenvalue weighted by Crippen LogP contribution is 2.20. The second kappa shape index (κ2) is 6.62. The van der Waals surface area contributed by atoms with Gasteiger partial charge >= 0.3 is 0 Å². The number of hydrogen-bond donors (Lipinski definition) is 1. The Labute approximate surface area is 104 Å². The van der Waals surface area contributed by atoms with Crippen LogP contribution in [0.1, 0.15) is 25.8 Å². The molecule has 3 heteroatoms. The molecule has 0 saturated carbocycles. The molecule has 3 nitrogen and oxygen atoms in total. The number of para-hydroxylation sites is 1. The third kappa shape index (κ3) is 3.72. The monoisotopic (exact) mass is 237 g/mol. The van der Waals surface area contributed by atoms with Gasteiger partial charge in [0.2, 0.25) is 0 Å². The third-order valence-corrected chi connectivity index (χ3v) is 3.28. The Morgan fingerprint density at radius 2 is 2.00 bits per heavy atom. The predicted octanol–water partition coefficient (Wildman–Crippen LogP) is 2.29. The quantitative estimate of drug-likeness (QED) is 0.824. The summed E-state index contributed by atoms with van der Waals surface area (Å²) in [6.07, 6.45) is 0.493. The van der Waals surface area contributed by atoms with Crippen molar-refractivity contribution in [3.05, 3.63) is 29.8 Å². The van der Waals surface area contributed by atoms with E-state index in [1.165, 1.54) is 0 Å². The van der Waals surface area contributed by atoms with Crippen molar-refractivity contribution >= 4 is 0 Å². The Morgan fingerprint density at radius 1 is 1.35 bits per heavy atom. The Morgan fingerprint density at radius 3 is 2.59 bits per heavy atom. The minimum Gasteiger partial charge on any atom is -0.496 e. The van der Waals surface area contributed by atoms with Crippen LogP contribution in [0.3, 0.4) is 0 Å². The number of methoxy groups -OCH3 is 1. The van der Waals surface area contributed by atoms with E-state index in [9.17, 15) is 5.11 Å². The van der Waals surface area contributed by atoms with Crippen LogP contribution in [0.15, 0.2) is 24.3 Å². The van der Waals surface area contributed by atoms with Crippen molar-refractivity contribution in [2.24, 2.45) is 0 Å². The zero-order valence-electron chi connectivity index (χ0n) is 11.2. The van der Waals surface area contributed by atoms with E-state index >= 15 is 0 Å². The molecule has 1 aromatic rings. The number of rotatable bonds is 6. The highest BCUT2D eigenvalue weighted by molar-refractivity contribution is 5.33. The van der Waals surface area contributed by atoms with Gasteiger partial charge in [0.1, 0.15) is 5.75 Å². The van der Waals surface area contributed by atoms with Crippen LogP contribution in [-0.4, -0.2) is 36.3 Å². The smallest absolute Gasteiger partial charge is 0.123 e. The number of ether oxygens (including phenoxy) is 1. The second-order valence-electron chi connectivity index (χ2n) is 4.44. The molecule has 0 aliphatic heterocycles. The summed E-state index contributed by atoms with van der Waals surface area (Å²) >= 11 is 0. The van der Waals surface area contributed by atoms with E-state index in [4.69, 9.17) is 4.74 Å². The molecule has 0 aliphatic rings. The SMILES string of the molecule is CCC(O)C(C)N(C)Cc1ccccc1OC. The largest absolute Gasteiger partial charge is 0.496 e. The van der Waals surface area contributed by atoms with Crippen LogP contribution in [-0.2, 0) is 6.54 Å². The second-order valence-corrected chi connectivity index (χ2v) is 4.44. The Balaban J connectivity index is 2.70. The van der Waals surface area contributed by atoms with Gasteiger partial charge in [-0.25, -0.2) is 0 Å². The third-order valence-electron chi connectivity index (χ3n) is 3.28. The van der Waals surface area contributed by atoms with Gasteiger partial charge < -0.3 is 9.84 Å². The average Bonchev–Trinajstić information content (AvgIpc) is 2.37. The fourth-order valence-corrected chi connectivity index (χ4v) is 1.88. The van der Waals surface area contributed by atoms with Crippen LogP contribution in [0.25, 0.3) is 0 Å². The van der Waals surface area contributed by atoms with Crippen LogP contribution in [0.4, 0.5) is 0 Å². The molecule has 0 spiro atoms. The molecular weight excluding hydrogens is 214 g/mol. The molecule has 0 amide bonds. The molecule has 0 aromatic heterocycles. The molecule has 0 heterocycles. The first-order valence-corrected chi connectivity index (χ1v) is 6.10. The molecule has 1 rings (SSSR count). The van der Waals surface area contributed by atoms with E-state index in [-0.39, 0.29) is 12.1 Å². The summed E-state index contributed by atoms with van der Waals surface area (Å²) in [5.41, 5.74) is 1.15. The van der Waals surface area contributed by atoms with Gasteiger partial charge in [0.05, 0.1) is 13.2 Å². The zero-order valence-corrected chi connectivity index (χ0v) is 11.2. The highest BCUT2D eigenvalue weighted by Gasteiger charge is 2.18. The first kappa shape index (κ1) is 14.0. The zero-order chi connectivity index (χ0) is 12.8. The number of hydrogen-bond acceptors (Lipinski definition) is 3. The lowest BCUT2D eigenvalue weighted by Crippen LogP contribution is -2.38. The van der Waals surface area contributed by atoms with Crippen LogP contribution >= 0.6 is 0 Å². The first-order chi connectivity index (χ1) is 8.10. The molecule has 1 aromatic carbocycles. The fraction of sp³-hybridized carbons (Fsp3) is 0.571. The molecule has 0 radical (unpaired) electrons. The van der Waals surface area contributed by atoms with Crippen LogP contribution in [0.5, 0.6) is 5.75 Å². The molecule has 2 atom stereocenters. The number of nitrogens with zero attached hydrogens (tertiary/aromatic N) is 1. The minimum absolute atomic E-state index is 0.143. The van der Waals surface area contributed by atoms with Crippen LogP contribution < -0.4 is 4.74 Å². The highest BCUT2D eigenvalue weighted by atomic mass is 16.5. The molecule has 96 valence electrons. The Bertz CT molecular complexity index is 341. The molecule has 1 N–H and O–H groups in total. The van der Waals surface area contributed by atoms with Crippen molar-refractivity contribution in [1.82, 2.24) is 4.90 Å². The van der Waals surface area contributed by atoms with E-state index in [1.807, 2.05) is 39.1 Å².